The van der Waals surface area contributed by atoms with E-state index < -0.39 is 0 Å². The maximum atomic E-state index is 6.25. The van der Waals surface area contributed by atoms with Gasteiger partial charge < -0.3 is 10.5 Å². The van der Waals surface area contributed by atoms with Crippen LogP contribution in [0.4, 0.5) is 0 Å². The molecule has 0 aliphatic rings. The Kier molecular flexibility index (Phi) is 6.32. The molecule has 2 atom stereocenters. The van der Waals surface area contributed by atoms with Crippen molar-refractivity contribution in [3.8, 4) is 5.75 Å². The summed E-state index contributed by atoms with van der Waals surface area (Å²) >= 11 is 0. The predicted molar refractivity (Wildman–Crippen MR) is 81.5 cm³/mol. The summed E-state index contributed by atoms with van der Waals surface area (Å²) in [6.45, 7) is 10.8. The molecule has 2 unspecified atom stereocenters. The lowest BCUT2D eigenvalue weighted by Gasteiger charge is -2.35. The van der Waals surface area contributed by atoms with Gasteiger partial charge in [-0.1, -0.05) is 39.0 Å². The number of methoxy groups -OCH3 is 1. The molecule has 0 aliphatic carbocycles. The molecule has 3 heteroatoms. The van der Waals surface area contributed by atoms with E-state index in [1.54, 1.807) is 7.11 Å². The van der Waals surface area contributed by atoms with E-state index in [0.29, 0.717) is 5.92 Å². The number of nitrogens with two attached hydrogens (primary N) is 1. The van der Waals surface area contributed by atoms with Crippen molar-refractivity contribution in [1.82, 2.24) is 4.90 Å². The molecule has 0 spiro atoms. The maximum Gasteiger partial charge on any atom is 0.123 e. The summed E-state index contributed by atoms with van der Waals surface area (Å²) in [6, 6.07) is 8.44. The van der Waals surface area contributed by atoms with Gasteiger partial charge in [0.2, 0.25) is 0 Å². The number of rotatable bonds is 7. The van der Waals surface area contributed by atoms with Crippen LogP contribution in [-0.2, 0) is 0 Å². The molecule has 2 N–H and O–H groups in total. The monoisotopic (exact) mass is 264 g/mol. The Balaban J connectivity index is 3.11. The van der Waals surface area contributed by atoms with Gasteiger partial charge >= 0.3 is 0 Å². The minimum Gasteiger partial charge on any atom is -0.496 e. The number of para-hydroxylation sites is 1. The number of ether oxygens (including phenoxy) is 1. The van der Waals surface area contributed by atoms with Gasteiger partial charge in [0.1, 0.15) is 5.75 Å². The molecule has 19 heavy (non-hydrogen) atoms. The van der Waals surface area contributed by atoms with Crippen molar-refractivity contribution in [2.24, 2.45) is 11.7 Å². The van der Waals surface area contributed by atoms with Gasteiger partial charge in [0.25, 0.3) is 0 Å². The predicted octanol–water partition coefficient (Wildman–Crippen LogP) is 3.06. The molecule has 1 aromatic carbocycles. The normalized spacial score (nSPS) is 14.7. The number of hydrogen-bond acceptors (Lipinski definition) is 3. The highest BCUT2D eigenvalue weighted by Crippen LogP contribution is 2.31. The summed E-state index contributed by atoms with van der Waals surface area (Å²) in [5.41, 5.74) is 7.43. The van der Waals surface area contributed by atoms with Crippen molar-refractivity contribution in [3.05, 3.63) is 29.8 Å². The highest BCUT2D eigenvalue weighted by atomic mass is 16.5. The first kappa shape index (κ1) is 16.0. The molecular formula is C16H28N2O. The Bertz CT molecular complexity index is 377. The molecule has 108 valence electrons. The van der Waals surface area contributed by atoms with E-state index in [4.69, 9.17) is 10.5 Å². The third kappa shape index (κ3) is 4.22. The summed E-state index contributed by atoms with van der Waals surface area (Å²) in [6.07, 6.45) is 0. The van der Waals surface area contributed by atoms with E-state index in [1.807, 2.05) is 12.1 Å². The summed E-state index contributed by atoms with van der Waals surface area (Å²) in [7, 11) is 1.72. The minimum absolute atomic E-state index is 0.0648. The molecule has 0 radical (unpaired) electrons. The van der Waals surface area contributed by atoms with E-state index >= 15 is 0 Å². The summed E-state index contributed by atoms with van der Waals surface area (Å²) in [5, 5.41) is 0. The molecule has 0 fully saturated rings. The highest BCUT2D eigenvalue weighted by molar-refractivity contribution is 5.36. The fraction of sp³-hybridized carbons (Fsp3) is 0.625. The van der Waals surface area contributed by atoms with E-state index in [9.17, 15) is 0 Å². The van der Waals surface area contributed by atoms with Gasteiger partial charge in [0.05, 0.1) is 13.2 Å². The van der Waals surface area contributed by atoms with Crippen molar-refractivity contribution in [2.75, 3.05) is 20.2 Å². The van der Waals surface area contributed by atoms with E-state index in [-0.39, 0.29) is 12.1 Å². The molecule has 0 heterocycles. The van der Waals surface area contributed by atoms with Crippen molar-refractivity contribution < 1.29 is 4.74 Å². The van der Waals surface area contributed by atoms with E-state index in [2.05, 4.69) is 44.7 Å². The number of hydrogen-bond donors (Lipinski definition) is 1. The molecule has 0 aliphatic heterocycles. The van der Waals surface area contributed by atoms with Gasteiger partial charge in [0.15, 0.2) is 0 Å². The fourth-order valence-corrected chi connectivity index (χ4v) is 2.63. The summed E-state index contributed by atoms with van der Waals surface area (Å²) < 4.78 is 5.49. The standard InChI is InChI=1S/C16H28N2O/c1-6-18(11-12(2)3)16(13(4)17)14-9-7-8-10-15(14)19-5/h7-10,12-13,16H,6,11,17H2,1-5H3. The van der Waals surface area contributed by atoms with E-state index in [1.165, 1.54) is 5.56 Å². The number of likely N-dealkylation sites (N-methyl/N-ethyl adjacent to an activating group) is 1. The minimum atomic E-state index is 0.0648. The Morgan fingerprint density at radius 3 is 2.32 bits per heavy atom. The first-order valence-corrected chi connectivity index (χ1v) is 7.13. The average Bonchev–Trinajstić information content (AvgIpc) is 2.37. The van der Waals surface area contributed by atoms with Crippen molar-refractivity contribution in [1.29, 1.82) is 0 Å². The summed E-state index contributed by atoms with van der Waals surface area (Å²) in [4.78, 5) is 2.44. The lowest BCUT2D eigenvalue weighted by Crippen LogP contribution is -2.41. The lowest BCUT2D eigenvalue weighted by atomic mass is 9.97. The maximum absolute atomic E-state index is 6.25. The topological polar surface area (TPSA) is 38.5 Å². The molecule has 1 rings (SSSR count). The Morgan fingerprint density at radius 2 is 1.84 bits per heavy atom. The number of benzene rings is 1. The van der Waals surface area contributed by atoms with Crippen LogP contribution < -0.4 is 10.5 Å². The Morgan fingerprint density at radius 1 is 1.21 bits per heavy atom. The van der Waals surface area contributed by atoms with Gasteiger partial charge in [-0.05, 0) is 25.5 Å². The van der Waals surface area contributed by atoms with Crippen LogP contribution in [0, 0.1) is 5.92 Å². The molecule has 0 saturated heterocycles. The van der Waals surface area contributed by atoms with Crippen LogP contribution in [0.1, 0.15) is 39.3 Å². The highest BCUT2D eigenvalue weighted by Gasteiger charge is 2.26. The molecule has 0 aromatic heterocycles. The second-order valence-corrected chi connectivity index (χ2v) is 5.53. The lowest BCUT2D eigenvalue weighted by molar-refractivity contribution is 0.163. The van der Waals surface area contributed by atoms with Crippen LogP contribution in [0.15, 0.2) is 24.3 Å². The first-order valence-electron chi connectivity index (χ1n) is 7.13. The second-order valence-electron chi connectivity index (χ2n) is 5.53. The Labute approximate surface area is 117 Å². The third-order valence-corrected chi connectivity index (χ3v) is 3.35. The van der Waals surface area contributed by atoms with Crippen molar-refractivity contribution in [3.63, 3.8) is 0 Å². The van der Waals surface area contributed by atoms with Crippen molar-refractivity contribution in [2.45, 2.75) is 39.8 Å². The Hall–Kier alpha value is -1.06. The van der Waals surface area contributed by atoms with Crippen LogP contribution in [-0.4, -0.2) is 31.1 Å². The van der Waals surface area contributed by atoms with Gasteiger partial charge in [-0.25, -0.2) is 0 Å². The summed E-state index contributed by atoms with van der Waals surface area (Å²) in [5.74, 6) is 1.54. The second kappa shape index (κ2) is 7.51. The van der Waals surface area contributed by atoms with Crippen LogP contribution in [0.2, 0.25) is 0 Å². The van der Waals surface area contributed by atoms with Crippen LogP contribution in [0.3, 0.4) is 0 Å². The van der Waals surface area contributed by atoms with Gasteiger partial charge in [0, 0.05) is 18.2 Å². The fourth-order valence-electron chi connectivity index (χ4n) is 2.63. The zero-order valence-corrected chi connectivity index (χ0v) is 12.9. The first-order chi connectivity index (χ1) is 9.01. The molecule has 1 aromatic rings. The molecule has 0 saturated carbocycles. The van der Waals surface area contributed by atoms with Gasteiger partial charge in [-0.2, -0.15) is 0 Å². The molecule has 0 bridgehead atoms. The quantitative estimate of drug-likeness (QED) is 0.822. The third-order valence-electron chi connectivity index (χ3n) is 3.35. The molecular weight excluding hydrogens is 236 g/mol. The van der Waals surface area contributed by atoms with E-state index in [0.717, 1.165) is 18.8 Å². The van der Waals surface area contributed by atoms with Crippen LogP contribution >= 0.6 is 0 Å². The van der Waals surface area contributed by atoms with Gasteiger partial charge in [-0.3, -0.25) is 4.90 Å². The molecule has 0 amide bonds. The molecule has 3 nitrogen and oxygen atoms in total. The largest absolute Gasteiger partial charge is 0.496 e. The van der Waals surface area contributed by atoms with Crippen LogP contribution in [0.5, 0.6) is 5.75 Å². The smallest absolute Gasteiger partial charge is 0.123 e. The van der Waals surface area contributed by atoms with Crippen molar-refractivity contribution >= 4 is 0 Å². The zero-order valence-electron chi connectivity index (χ0n) is 12.9. The SMILES string of the molecule is CCN(CC(C)C)C(c1ccccc1OC)C(C)N. The van der Waals surface area contributed by atoms with Gasteiger partial charge in [-0.15, -0.1) is 0 Å². The zero-order chi connectivity index (χ0) is 14.4. The number of nitrogens with zero attached hydrogens (tertiary/aromatic N) is 1. The van der Waals surface area contributed by atoms with Crippen LogP contribution in [0.25, 0.3) is 0 Å². The average molecular weight is 264 g/mol.